The SMILES string of the molecule is CS(=O)c1ccc2c(c1)nc(N)c1[nH]c(=O)n(Cc3ccc(CN4CCCC4)cc3)c12. The summed E-state index contributed by atoms with van der Waals surface area (Å²) in [6.45, 7) is 3.74. The Balaban J connectivity index is 1.53. The van der Waals surface area contributed by atoms with E-state index in [4.69, 9.17) is 5.73 Å². The van der Waals surface area contributed by atoms with E-state index in [1.54, 1.807) is 16.9 Å². The molecule has 2 aromatic heterocycles. The highest BCUT2D eigenvalue weighted by Gasteiger charge is 2.16. The minimum atomic E-state index is -1.12. The first-order valence-corrected chi connectivity index (χ1v) is 12.0. The molecule has 1 unspecified atom stereocenters. The summed E-state index contributed by atoms with van der Waals surface area (Å²) in [5, 5.41) is 0.808. The zero-order chi connectivity index (χ0) is 21.5. The van der Waals surface area contributed by atoms with E-state index in [1.807, 2.05) is 12.1 Å². The van der Waals surface area contributed by atoms with E-state index in [-0.39, 0.29) is 11.5 Å². The molecule has 0 amide bonds. The molecule has 8 heteroatoms. The molecule has 0 radical (unpaired) electrons. The molecule has 3 heterocycles. The van der Waals surface area contributed by atoms with Crippen LogP contribution in [0.3, 0.4) is 0 Å². The highest BCUT2D eigenvalue weighted by Crippen LogP contribution is 2.28. The summed E-state index contributed by atoms with van der Waals surface area (Å²) in [6.07, 6.45) is 4.19. The molecule has 3 N–H and O–H groups in total. The van der Waals surface area contributed by atoms with Gasteiger partial charge in [0.1, 0.15) is 11.3 Å². The summed E-state index contributed by atoms with van der Waals surface area (Å²) in [7, 11) is -1.12. The van der Waals surface area contributed by atoms with Crippen LogP contribution in [0.4, 0.5) is 5.82 Å². The van der Waals surface area contributed by atoms with Gasteiger partial charge in [-0.15, -0.1) is 0 Å². The van der Waals surface area contributed by atoms with E-state index in [9.17, 15) is 9.00 Å². The Morgan fingerprint density at radius 1 is 1.06 bits per heavy atom. The molecule has 0 saturated carbocycles. The number of nitrogens with two attached hydrogens (primary N) is 1. The molecule has 7 nitrogen and oxygen atoms in total. The zero-order valence-corrected chi connectivity index (χ0v) is 18.2. The number of nitrogens with zero attached hydrogens (tertiary/aromatic N) is 3. The number of fused-ring (bicyclic) bond motifs is 3. The Labute approximate surface area is 182 Å². The van der Waals surface area contributed by atoms with E-state index in [0.29, 0.717) is 22.5 Å². The van der Waals surface area contributed by atoms with E-state index >= 15 is 0 Å². The van der Waals surface area contributed by atoms with E-state index in [2.05, 4.69) is 39.1 Å². The summed E-state index contributed by atoms with van der Waals surface area (Å²) in [5.74, 6) is 0.262. The molecule has 160 valence electrons. The van der Waals surface area contributed by atoms with Crippen LogP contribution in [-0.2, 0) is 23.9 Å². The van der Waals surface area contributed by atoms with Gasteiger partial charge in [0.2, 0.25) is 0 Å². The second kappa shape index (κ2) is 7.94. The van der Waals surface area contributed by atoms with Crippen LogP contribution >= 0.6 is 0 Å². The number of H-pyrrole nitrogens is 1. The van der Waals surface area contributed by atoms with Gasteiger partial charge in [0.15, 0.2) is 0 Å². The number of nitrogen functional groups attached to an aromatic ring is 1. The average molecular weight is 436 g/mol. The molecule has 1 aliphatic rings. The quantitative estimate of drug-likeness (QED) is 0.502. The number of benzene rings is 2. The van der Waals surface area contributed by atoms with Crippen molar-refractivity contribution >= 4 is 38.6 Å². The summed E-state index contributed by atoms with van der Waals surface area (Å²) in [5.41, 5.74) is 10.1. The third-order valence-electron chi connectivity index (χ3n) is 6.01. The lowest BCUT2D eigenvalue weighted by molar-refractivity contribution is 0.331. The van der Waals surface area contributed by atoms with Gasteiger partial charge < -0.3 is 10.7 Å². The van der Waals surface area contributed by atoms with Crippen molar-refractivity contribution in [1.29, 1.82) is 0 Å². The van der Waals surface area contributed by atoms with Gasteiger partial charge in [0.25, 0.3) is 0 Å². The van der Waals surface area contributed by atoms with Crippen LogP contribution in [0.1, 0.15) is 24.0 Å². The van der Waals surface area contributed by atoms with Crippen LogP contribution in [-0.4, -0.2) is 43.0 Å². The number of pyridine rings is 1. The molecule has 0 aliphatic carbocycles. The Hall–Kier alpha value is -2.97. The van der Waals surface area contributed by atoms with Gasteiger partial charge in [0.05, 0.1) is 17.6 Å². The topological polar surface area (TPSA) is 97.0 Å². The summed E-state index contributed by atoms with van der Waals surface area (Å²) in [4.78, 5) is 23.2. The van der Waals surface area contributed by atoms with Crippen LogP contribution in [0, 0.1) is 0 Å². The van der Waals surface area contributed by atoms with Crippen molar-refractivity contribution in [3.8, 4) is 0 Å². The number of hydrogen-bond acceptors (Lipinski definition) is 5. The third-order valence-corrected chi connectivity index (χ3v) is 6.92. The van der Waals surface area contributed by atoms with Crippen molar-refractivity contribution in [3.05, 3.63) is 64.1 Å². The van der Waals surface area contributed by atoms with Gasteiger partial charge in [-0.3, -0.25) is 13.7 Å². The third kappa shape index (κ3) is 3.77. The Morgan fingerprint density at radius 2 is 1.74 bits per heavy atom. The van der Waals surface area contributed by atoms with Crippen LogP contribution in [0.2, 0.25) is 0 Å². The number of aromatic nitrogens is 3. The molecule has 1 aliphatic heterocycles. The smallest absolute Gasteiger partial charge is 0.326 e. The molecule has 1 atom stereocenters. The van der Waals surface area contributed by atoms with Crippen LogP contribution in [0.5, 0.6) is 0 Å². The van der Waals surface area contributed by atoms with Crippen molar-refractivity contribution in [1.82, 2.24) is 19.4 Å². The van der Waals surface area contributed by atoms with Gasteiger partial charge in [-0.25, -0.2) is 9.78 Å². The first-order chi connectivity index (χ1) is 15.0. The number of likely N-dealkylation sites (tertiary alicyclic amines) is 1. The number of nitrogens with one attached hydrogen (secondary N) is 1. The lowest BCUT2D eigenvalue weighted by Gasteiger charge is -2.14. The lowest BCUT2D eigenvalue weighted by atomic mass is 10.1. The minimum Gasteiger partial charge on any atom is -0.382 e. The molecule has 5 rings (SSSR count). The molecule has 31 heavy (non-hydrogen) atoms. The molecular formula is C23H25N5O2S. The molecule has 1 fully saturated rings. The maximum atomic E-state index is 12.8. The number of imidazole rings is 1. The number of anilines is 1. The minimum absolute atomic E-state index is 0.222. The molecule has 0 bridgehead atoms. The van der Waals surface area contributed by atoms with Crippen LogP contribution in [0.15, 0.2) is 52.2 Å². The summed E-state index contributed by atoms with van der Waals surface area (Å²) < 4.78 is 13.6. The zero-order valence-electron chi connectivity index (χ0n) is 17.4. The van der Waals surface area contributed by atoms with E-state index in [1.165, 1.54) is 31.5 Å². The number of hydrogen-bond donors (Lipinski definition) is 2. The predicted molar refractivity (Wildman–Crippen MR) is 125 cm³/mol. The molecular weight excluding hydrogens is 410 g/mol. The summed E-state index contributed by atoms with van der Waals surface area (Å²) >= 11 is 0. The maximum Gasteiger partial charge on any atom is 0.326 e. The van der Waals surface area contributed by atoms with E-state index < -0.39 is 10.8 Å². The number of aromatic amines is 1. The Morgan fingerprint density at radius 3 is 2.42 bits per heavy atom. The van der Waals surface area contributed by atoms with Crippen LogP contribution in [0.25, 0.3) is 21.9 Å². The second-order valence-electron chi connectivity index (χ2n) is 8.17. The molecule has 1 saturated heterocycles. The van der Waals surface area contributed by atoms with Gasteiger partial charge in [-0.1, -0.05) is 24.3 Å². The standard InChI is InChI=1S/C23H25N5O2S/c1-31(30)17-8-9-18-19(12-17)25-22(24)20-21(18)28(23(29)26-20)14-16-6-4-15(5-7-16)13-27-10-2-3-11-27/h4-9,12H,2-3,10-11,13-14H2,1H3,(H2,24,25)(H,26,29). The van der Waals surface area contributed by atoms with Crippen LogP contribution < -0.4 is 11.4 Å². The Bertz CT molecular complexity index is 1350. The first-order valence-electron chi connectivity index (χ1n) is 10.4. The lowest BCUT2D eigenvalue weighted by Crippen LogP contribution is -2.19. The molecule has 0 spiro atoms. The van der Waals surface area contributed by atoms with Gasteiger partial charge >= 0.3 is 5.69 Å². The van der Waals surface area contributed by atoms with Gasteiger partial charge in [-0.05, 0) is 55.3 Å². The highest BCUT2D eigenvalue weighted by molar-refractivity contribution is 7.84. The number of rotatable bonds is 5. The van der Waals surface area contributed by atoms with Gasteiger partial charge in [-0.2, -0.15) is 0 Å². The van der Waals surface area contributed by atoms with E-state index in [0.717, 1.165) is 23.0 Å². The average Bonchev–Trinajstić information content (AvgIpc) is 3.38. The van der Waals surface area contributed by atoms with Crippen molar-refractivity contribution in [2.24, 2.45) is 0 Å². The summed E-state index contributed by atoms with van der Waals surface area (Å²) in [6, 6.07) is 13.9. The fourth-order valence-corrected chi connectivity index (χ4v) is 4.92. The first kappa shape index (κ1) is 20.0. The molecule has 4 aromatic rings. The van der Waals surface area contributed by atoms with Crippen molar-refractivity contribution < 1.29 is 4.21 Å². The largest absolute Gasteiger partial charge is 0.382 e. The monoisotopic (exact) mass is 435 g/mol. The maximum absolute atomic E-state index is 12.8. The fourth-order valence-electron chi connectivity index (χ4n) is 4.39. The highest BCUT2D eigenvalue weighted by atomic mass is 32.2. The fraction of sp³-hybridized carbons (Fsp3) is 0.304. The van der Waals surface area contributed by atoms with Crippen molar-refractivity contribution in [2.45, 2.75) is 30.8 Å². The Kier molecular flexibility index (Phi) is 5.11. The predicted octanol–water partition coefficient (Wildman–Crippen LogP) is 2.84. The van der Waals surface area contributed by atoms with Crippen molar-refractivity contribution in [3.63, 3.8) is 0 Å². The van der Waals surface area contributed by atoms with Crippen molar-refractivity contribution in [2.75, 3.05) is 25.1 Å². The van der Waals surface area contributed by atoms with Gasteiger partial charge in [0, 0.05) is 33.9 Å². The molecule has 2 aromatic carbocycles. The normalized spacial score (nSPS) is 15.8. The second-order valence-corrected chi connectivity index (χ2v) is 9.55.